The zero-order chi connectivity index (χ0) is 18.2. The lowest BCUT2D eigenvalue weighted by Crippen LogP contribution is -2.52. The normalized spacial score (nSPS) is 10.7. The minimum atomic E-state index is -3.01. The number of hydroxylamine groups is 3. The number of nitrogens with one attached hydrogen (secondary N) is 3. The summed E-state index contributed by atoms with van der Waals surface area (Å²) >= 11 is 0. The Hall–Kier alpha value is -1.28. The van der Waals surface area contributed by atoms with Crippen molar-refractivity contribution in [2.45, 2.75) is 68.9 Å². The highest BCUT2D eigenvalue weighted by molar-refractivity contribution is 6.58. The fraction of sp³-hybridized carbons (Fsp3) is 0.625. The molecule has 0 aromatic carbocycles. The van der Waals surface area contributed by atoms with Gasteiger partial charge >= 0.3 is 8.80 Å². The van der Waals surface area contributed by atoms with Crippen molar-refractivity contribution in [1.82, 2.24) is 16.4 Å². The van der Waals surface area contributed by atoms with Crippen LogP contribution < -0.4 is 16.4 Å². The van der Waals surface area contributed by atoms with Crippen LogP contribution in [0.1, 0.15) is 62.3 Å². The molecule has 23 heavy (non-hydrogen) atoms. The number of hydrogen-bond donors (Lipinski definition) is 3. The van der Waals surface area contributed by atoms with E-state index in [2.05, 4.69) is 16.4 Å². The maximum Gasteiger partial charge on any atom is 0.563 e. The molecule has 0 radical (unpaired) electrons. The van der Waals surface area contributed by atoms with Gasteiger partial charge in [0.25, 0.3) is 0 Å². The molecule has 3 N–H and O–H groups in total. The Balaban J connectivity index is 5.00. The largest absolute Gasteiger partial charge is 0.563 e. The molecule has 0 rings (SSSR count). The maximum atomic E-state index is 5.73. The van der Waals surface area contributed by atoms with Crippen molar-refractivity contribution in [3.05, 3.63) is 33.8 Å². The molecule has 0 saturated heterocycles. The molecule has 0 amide bonds. The van der Waals surface area contributed by atoms with Crippen LogP contribution in [-0.4, -0.2) is 8.80 Å². The van der Waals surface area contributed by atoms with E-state index in [-0.39, 0.29) is 0 Å². The number of hydrogen-bond acceptors (Lipinski definition) is 6. The lowest BCUT2D eigenvalue weighted by molar-refractivity contribution is -0.0114. The second kappa shape index (κ2) is 9.77. The van der Waals surface area contributed by atoms with Crippen LogP contribution in [0, 0.1) is 0 Å². The standard InChI is InChI=1S/C16H33N3O3Si/c1-11(2)14(7)17-20-23(10,21-18-15(8)12(3)4)22-19-16(9)13(5)6/h17-19H,1-10H3. The Morgan fingerprint density at radius 1 is 0.522 bits per heavy atom. The van der Waals surface area contributed by atoms with Gasteiger partial charge in [0.2, 0.25) is 0 Å². The van der Waals surface area contributed by atoms with Gasteiger partial charge in [-0.3, -0.25) is 30.0 Å². The molecule has 7 heteroatoms. The molecule has 0 aromatic heterocycles. The molecule has 0 unspecified atom stereocenters. The Kier molecular flexibility index (Phi) is 9.22. The quantitative estimate of drug-likeness (QED) is 0.433. The van der Waals surface area contributed by atoms with Crippen molar-refractivity contribution < 1.29 is 13.6 Å². The van der Waals surface area contributed by atoms with Crippen molar-refractivity contribution in [2.75, 3.05) is 0 Å². The van der Waals surface area contributed by atoms with Crippen LogP contribution in [0.25, 0.3) is 0 Å². The first kappa shape index (κ1) is 21.7. The van der Waals surface area contributed by atoms with Crippen LogP contribution in [0.15, 0.2) is 33.8 Å². The zero-order valence-electron chi connectivity index (χ0n) is 16.2. The average molecular weight is 344 g/mol. The number of allylic oxidation sites excluding steroid dienone is 6. The molecule has 0 fully saturated rings. The van der Waals surface area contributed by atoms with Gasteiger partial charge in [0.15, 0.2) is 0 Å². The minimum Gasteiger partial charge on any atom is -0.278 e. The van der Waals surface area contributed by atoms with E-state index in [1.54, 1.807) is 6.55 Å². The first-order valence-electron chi connectivity index (χ1n) is 7.72. The highest BCUT2D eigenvalue weighted by Gasteiger charge is 2.39. The van der Waals surface area contributed by atoms with Crippen molar-refractivity contribution in [2.24, 2.45) is 0 Å². The van der Waals surface area contributed by atoms with Gasteiger partial charge in [-0.1, -0.05) is 16.7 Å². The van der Waals surface area contributed by atoms with E-state index in [4.69, 9.17) is 13.6 Å². The van der Waals surface area contributed by atoms with E-state index < -0.39 is 8.80 Å². The summed E-state index contributed by atoms with van der Waals surface area (Å²) in [4.78, 5) is 0. The van der Waals surface area contributed by atoms with Gasteiger partial charge in [0.05, 0.1) is 0 Å². The molecule has 134 valence electrons. The molecule has 0 aromatic rings. The smallest absolute Gasteiger partial charge is 0.278 e. The van der Waals surface area contributed by atoms with Gasteiger partial charge in [0.1, 0.15) is 0 Å². The first-order valence-corrected chi connectivity index (χ1v) is 9.95. The summed E-state index contributed by atoms with van der Waals surface area (Å²) < 4.78 is 17.2. The Bertz CT molecular complexity index is 417. The van der Waals surface area contributed by atoms with Gasteiger partial charge < -0.3 is 0 Å². The Morgan fingerprint density at radius 2 is 0.739 bits per heavy atom. The van der Waals surface area contributed by atoms with Crippen molar-refractivity contribution in [3.63, 3.8) is 0 Å². The molecule has 0 heterocycles. The van der Waals surface area contributed by atoms with Crippen molar-refractivity contribution in [3.8, 4) is 0 Å². The molecule has 0 aliphatic heterocycles. The Morgan fingerprint density at radius 3 is 0.913 bits per heavy atom. The van der Waals surface area contributed by atoms with E-state index in [1.807, 2.05) is 62.3 Å². The molecule has 0 bridgehead atoms. The van der Waals surface area contributed by atoms with Gasteiger partial charge in [-0.15, -0.1) is 0 Å². The first-order chi connectivity index (χ1) is 10.5. The van der Waals surface area contributed by atoms with Crippen LogP contribution >= 0.6 is 0 Å². The zero-order valence-corrected chi connectivity index (χ0v) is 17.2. The molecular formula is C16H33N3O3Si. The molecule has 6 nitrogen and oxygen atoms in total. The molecule has 0 aliphatic carbocycles. The van der Waals surface area contributed by atoms with Gasteiger partial charge in [-0.05, 0) is 62.3 Å². The summed E-state index contributed by atoms with van der Waals surface area (Å²) in [6.07, 6.45) is 0. The van der Waals surface area contributed by atoms with E-state index in [9.17, 15) is 0 Å². The molecule has 0 aliphatic rings. The van der Waals surface area contributed by atoms with Crippen LogP contribution in [0.3, 0.4) is 0 Å². The van der Waals surface area contributed by atoms with Gasteiger partial charge in [-0.25, -0.2) is 0 Å². The third-order valence-corrected chi connectivity index (χ3v) is 4.84. The molecule has 0 spiro atoms. The lowest BCUT2D eigenvalue weighted by atomic mass is 10.3. The minimum absolute atomic E-state index is 0.925. The van der Waals surface area contributed by atoms with E-state index in [1.165, 1.54) is 0 Å². The summed E-state index contributed by atoms with van der Waals surface area (Å²) in [5.74, 6) is 0. The molecule has 0 atom stereocenters. The van der Waals surface area contributed by atoms with E-state index >= 15 is 0 Å². The highest BCUT2D eigenvalue weighted by atomic mass is 28.4. The van der Waals surface area contributed by atoms with Crippen LogP contribution in [0.2, 0.25) is 6.55 Å². The van der Waals surface area contributed by atoms with Gasteiger partial charge in [0, 0.05) is 23.6 Å². The average Bonchev–Trinajstić information content (AvgIpc) is 2.47. The molecule has 0 saturated carbocycles. The third kappa shape index (κ3) is 8.80. The van der Waals surface area contributed by atoms with E-state index in [0.717, 1.165) is 33.8 Å². The van der Waals surface area contributed by atoms with Crippen LogP contribution in [-0.2, 0) is 13.6 Å². The summed E-state index contributed by atoms with van der Waals surface area (Å²) in [7, 11) is -3.01. The lowest BCUT2D eigenvalue weighted by Gasteiger charge is -2.27. The van der Waals surface area contributed by atoms with Crippen molar-refractivity contribution in [1.29, 1.82) is 0 Å². The fourth-order valence-corrected chi connectivity index (χ4v) is 2.02. The van der Waals surface area contributed by atoms with Crippen LogP contribution in [0.5, 0.6) is 0 Å². The topological polar surface area (TPSA) is 63.8 Å². The third-order valence-electron chi connectivity index (χ3n) is 3.42. The second-order valence-electron chi connectivity index (χ2n) is 6.35. The van der Waals surface area contributed by atoms with E-state index in [0.29, 0.717) is 0 Å². The molecular weight excluding hydrogens is 310 g/mol. The summed E-state index contributed by atoms with van der Waals surface area (Å²) in [6.45, 7) is 19.6. The van der Waals surface area contributed by atoms with Crippen molar-refractivity contribution >= 4 is 8.80 Å². The predicted octanol–water partition coefficient (Wildman–Crippen LogP) is 4.06. The highest BCUT2D eigenvalue weighted by Crippen LogP contribution is 2.10. The van der Waals surface area contributed by atoms with Crippen LogP contribution in [0.4, 0.5) is 0 Å². The summed E-state index contributed by atoms with van der Waals surface area (Å²) in [5.41, 5.74) is 14.9. The Labute approximate surface area is 142 Å². The van der Waals surface area contributed by atoms with Gasteiger partial charge in [-0.2, -0.15) is 0 Å². The fourth-order valence-electron chi connectivity index (χ4n) is 0.876. The SMILES string of the molecule is CC(C)=C(C)NO[Si](C)(ONC(C)=C(C)C)ONC(C)=C(C)C. The summed E-state index contributed by atoms with van der Waals surface area (Å²) in [5, 5.41) is 0. The monoisotopic (exact) mass is 343 g/mol. The maximum absolute atomic E-state index is 5.73. The second-order valence-corrected chi connectivity index (χ2v) is 8.69. The number of rotatable bonds is 9. The summed E-state index contributed by atoms with van der Waals surface area (Å²) in [6, 6.07) is 0. The predicted molar refractivity (Wildman–Crippen MR) is 96.4 cm³/mol.